The Balaban J connectivity index is 2.05. The lowest BCUT2D eigenvalue weighted by molar-refractivity contribution is -0.137. The van der Waals surface area contributed by atoms with Crippen LogP contribution in [-0.4, -0.2) is 37.1 Å². The summed E-state index contributed by atoms with van der Waals surface area (Å²) in [5, 5.41) is 9.73. The van der Waals surface area contributed by atoms with Crippen molar-refractivity contribution < 1.29 is 36.7 Å². The quantitative estimate of drug-likeness (QED) is 0.262. The molecule has 0 radical (unpaired) electrons. The Hall–Kier alpha value is -3.76. The largest absolute Gasteiger partial charge is 0.480 e. The smallest absolute Gasteiger partial charge is 0.319 e. The van der Waals surface area contributed by atoms with Crippen LogP contribution in [0.4, 0.5) is 8.78 Å². The van der Waals surface area contributed by atoms with Gasteiger partial charge in [-0.2, -0.15) is 0 Å². The van der Waals surface area contributed by atoms with E-state index in [2.05, 4.69) is 4.72 Å². The van der Waals surface area contributed by atoms with Gasteiger partial charge in [0.1, 0.15) is 11.6 Å². The van der Waals surface area contributed by atoms with Crippen LogP contribution in [0.1, 0.15) is 58.0 Å². The van der Waals surface area contributed by atoms with Gasteiger partial charge in [-0.1, -0.05) is 61.9 Å². The highest BCUT2D eigenvalue weighted by molar-refractivity contribution is 7.89. The van der Waals surface area contributed by atoms with Crippen molar-refractivity contribution in [3.05, 3.63) is 101 Å². The van der Waals surface area contributed by atoms with Gasteiger partial charge >= 0.3 is 5.97 Å². The summed E-state index contributed by atoms with van der Waals surface area (Å²) < 4.78 is 57.4. The number of rotatable bonds is 11. The van der Waals surface area contributed by atoms with Gasteiger partial charge < -0.3 is 5.11 Å². The van der Waals surface area contributed by atoms with E-state index in [0.717, 1.165) is 23.8 Å². The summed E-state index contributed by atoms with van der Waals surface area (Å²) in [7, 11) is -4.14. The van der Waals surface area contributed by atoms with Crippen LogP contribution in [0, 0.1) is 24.5 Å². The second-order valence-electron chi connectivity index (χ2n) is 9.30. The SMILES string of the molecule is Cc1ccc(S(=O)(=O)N[C@@H](CC(C)C)C(=O)c2ccccc2C(=O)C(C(=O)O)c2c(F)cccc2F)cc1. The zero-order valence-corrected chi connectivity index (χ0v) is 21.8. The molecule has 3 rings (SSSR count). The van der Waals surface area contributed by atoms with Crippen molar-refractivity contribution in [3.63, 3.8) is 0 Å². The number of Topliss-reactive ketones (excluding diaryl/α,β-unsaturated/α-hetero) is 2. The Bertz CT molecular complexity index is 1450. The number of aryl methyl sites for hydroxylation is 1. The lowest BCUT2D eigenvalue weighted by atomic mass is 9.85. The minimum absolute atomic E-state index is 0.0602. The van der Waals surface area contributed by atoms with Gasteiger partial charge in [0.05, 0.1) is 10.9 Å². The molecule has 0 amide bonds. The Labute approximate surface area is 219 Å². The van der Waals surface area contributed by atoms with Crippen molar-refractivity contribution >= 4 is 27.6 Å². The highest BCUT2D eigenvalue weighted by Gasteiger charge is 2.37. The number of carboxylic acid groups (broad SMARTS) is 1. The Kier molecular flexibility index (Phi) is 8.90. The van der Waals surface area contributed by atoms with Gasteiger partial charge in [-0.25, -0.2) is 21.9 Å². The van der Waals surface area contributed by atoms with Crippen LogP contribution < -0.4 is 4.72 Å². The standard InChI is InChI=1S/C28H27F2NO6S/c1-16(2)15-23(31-38(36,37)18-13-11-17(3)12-14-18)26(32)19-7-4-5-8-20(19)27(33)25(28(34)35)24-21(29)9-6-10-22(24)30/h4-14,16,23,25,31H,15H2,1-3H3,(H,34,35)/t23-,25?/m0/s1. The molecule has 0 saturated carbocycles. The molecule has 0 spiro atoms. The van der Waals surface area contributed by atoms with E-state index < -0.39 is 62.3 Å². The van der Waals surface area contributed by atoms with E-state index in [9.17, 15) is 36.7 Å². The highest BCUT2D eigenvalue weighted by atomic mass is 32.2. The number of sulfonamides is 1. The summed E-state index contributed by atoms with van der Waals surface area (Å²) in [5.41, 5.74) is -0.773. The average molecular weight is 544 g/mol. The van der Waals surface area contributed by atoms with Crippen LogP contribution in [0.2, 0.25) is 0 Å². The lowest BCUT2D eigenvalue weighted by Gasteiger charge is -2.22. The van der Waals surface area contributed by atoms with Crippen LogP contribution in [0.15, 0.2) is 71.6 Å². The third-order valence-electron chi connectivity index (χ3n) is 5.91. The van der Waals surface area contributed by atoms with Gasteiger partial charge in [0.15, 0.2) is 17.5 Å². The number of carbonyl (C=O) groups excluding carboxylic acids is 2. The third-order valence-corrected chi connectivity index (χ3v) is 7.40. The number of hydrogen-bond acceptors (Lipinski definition) is 5. The van der Waals surface area contributed by atoms with Crippen molar-refractivity contribution in [2.75, 3.05) is 0 Å². The van der Waals surface area contributed by atoms with Crippen LogP contribution in [0.3, 0.4) is 0 Å². The second kappa shape index (κ2) is 11.7. The number of carbonyl (C=O) groups is 3. The molecule has 0 heterocycles. The summed E-state index contributed by atoms with van der Waals surface area (Å²) in [6.07, 6.45) is 0.0662. The maximum Gasteiger partial charge on any atom is 0.319 e. The number of hydrogen-bond donors (Lipinski definition) is 2. The zero-order chi connectivity index (χ0) is 28.2. The monoisotopic (exact) mass is 543 g/mol. The van der Waals surface area contributed by atoms with Gasteiger partial charge in [-0.3, -0.25) is 14.4 Å². The van der Waals surface area contributed by atoms with Crippen LogP contribution >= 0.6 is 0 Å². The molecule has 0 fully saturated rings. The Morgan fingerprint density at radius 3 is 1.87 bits per heavy atom. The molecule has 0 aliphatic carbocycles. The molecule has 0 aromatic heterocycles. The van der Waals surface area contributed by atoms with E-state index >= 15 is 0 Å². The molecule has 2 atom stereocenters. The lowest BCUT2D eigenvalue weighted by Crippen LogP contribution is -2.42. The fourth-order valence-corrected chi connectivity index (χ4v) is 5.27. The molecule has 0 saturated heterocycles. The number of ketones is 2. The number of halogens is 2. The van der Waals surface area contributed by atoms with Gasteiger partial charge in [0.25, 0.3) is 0 Å². The van der Waals surface area contributed by atoms with Crippen molar-refractivity contribution in [1.29, 1.82) is 0 Å². The molecule has 0 aliphatic heterocycles. The second-order valence-corrected chi connectivity index (χ2v) is 11.0. The molecular formula is C28H27F2NO6S. The van der Waals surface area contributed by atoms with Gasteiger partial charge in [0, 0.05) is 16.7 Å². The van der Waals surface area contributed by atoms with E-state index in [1.807, 2.05) is 0 Å². The van der Waals surface area contributed by atoms with E-state index in [4.69, 9.17) is 0 Å². The van der Waals surface area contributed by atoms with E-state index in [-0.39, 0.29) is 22.8 Å². The molecule has 10 heteroatoms. The third kappa shape index (κ3) is 6.38. The molecular weight excluding hydrogens is 516 g/mol. The summed E-state index contributed by atoms with van der Waals surface area (Å²) in [6, 6.07) is 12.6. The first-order chi connectivity index (χ1) is 17.8. The molecule has 3 aromatic rings. The van der Waals surface area contributed by atoms with Gasteiger partial charge in [-0.05, 0) is 43.5 Å². The molecule has 3 aromatic carbocycles. The first-order valence-corrected chi connectivity index (χ1v) is 13.2. The fraction of sp³-hybridized carbons (Fsp3) is 0.250. The first-order valence-electron chi connectivity index (χ1n) is 11.8. The Morgan fingerprint density at radius 2 is 1.37 bits per heavy atom. The Morgan fingerprint density at radius 1 is 0.842 bits per heavy atom. The van der Waals surface area contributed by atoms with E-state index in [1.165, 1.54) is 36.4 Å². The number of nitrogens with one attached hydrogen (secondary N) is 1. The van der Waals surface area contributed by atoms with Crippen LogP contribution in [-0.2, 0) is 14.8 Å². The van der Waals surface area contributed by atoms with Crippen LogP contribution in [0.25, 0.3) is 0 Å². The van der Waals surface area contributed by atoms with Crippen LogP contribution in [0.5, 0.6) is 0 Å². The topological polar surface area (TPSA) is 118 Å². The maximum absolute atomic E-state index is 14.4. The predicted octanol–water partition coefficient (Wildman–Crippen LogP) is 4.90. The minimum Gasteiger partial charge on any atom is -0.480 e. The molecule has 0 bridgehead atoms. The number of carboxylic acids is 1. The molecule has 38 heavy (non-hydrogen) atoms. The average Bonchev–Trinajstić information content (AvgIpc) is 2.84. The van der Waals surface area contributed by atoms with Crippen molar-refractivity contribution in [3.8, 4) is 0 Å². The molecule has 7 nitrogen and oxygen atoms in total. The maximum atomic E-state index is 14.4. The summed E-state index contributed by atoms with van der Waals surface area (Å²) in [5.74, 6) is -8.66. The molecule has 200 valence electrons. The van der Waals surface area contributed by atoms with Gasteiger partial charge in [-0.15, -0.1) is 0 Å². The van der Waals surface area contributed by atoms with E-state index in [1.54, 1.807) is 32.9 Å². The molecule has 0 aliphatic rings. The summed E-state index contributed by atoms with van der Waals surface area (Å²) in [6.45, 7) is 5.35. The highest BCUT2D eigenvalue weighted by Crippen LogP contribution is 2.29. The number of benzene rings is 3. The van der Waals surface area contributed by atoms with E-state index in [0.29, 0.717) is 0 Å². The van der Waals surface area contributed by atoms with Crippen molar-refractivity contribution in [1.82, 2.24) is 4.72 Å². The normalized spacial score (nSPS) is 13.2. The zero-order valence-electron chi connectivity index (χ0n) is 20.9. The summed E-state index contributed by atoms with van der Waals surface area (Å²) in [4.78, 5) is 39.0. The van der Waals surface area contributed by atoms with Gasteiger partial charge in [0.2, 0.25) is 10.0 Å². The number of aliphatic carboxylic acids is 1. The molecule has 2 N–H and O–H groups in total. The van der Waals surface area contributed by atoms with Crippen molar-refractivity contribution in [2.45, 2.75) is 44.0 Å². The fourth-order valence-electron chi connectivity index (χ4n) is 4.06. The minimum atomic E-state index is -4.14. The molecule has 1 unspecified atom stereocenters. The predicted molar refractivity (Wildman–Crippen MR) is 137 cm³/mol. The first kappa shape index (κ1) is 28.8. The summed E-state index contributed by atoms with van der Waals surface area (Å²) >= 11 is 0. The van der Waals surface area contributed by atoms with Crippen molar-refractivity contribution in [2.24, 2.45) is 5.92 Å².